The second-order valence-electron chi connectivity index (χ2n) is 6.91. The number of ether oxygens (including phenoxy) is 1. The number of aliphatic imine (C=N–C) groups is 1. The summed E-state index contributed by atoms with van der Waals surface area (Å²) in [5.41, 5.74) is 0. The molecule has 0 unspecified atom stereocenters. The van der Waals surface area contributed by atoms with Crippen LogP contribution >= 0.6 is 24.0 Å². The lowest BCUT2D eigenvalue weighted by molar-refractivity contribution is 0.271. The minimum atomic E-state index is 0. The lowest BCUT2D eigenvalue weighted by Crippen LogP contribution is -2.42. The Kier molecular flexibility index (Phi) is 12.4. The van der Waals surface area contributed by atoms with Gasteiger partial charge in [-0.05, 0) is 51.7 Å². The van der Waals surface area contributed by atoms with Crippen molar-refractivity contribution in [2.24, 2.45) is 4.99 Å². The molecule has 1 aliphatic heterocycles. The summed E-state index contributed by atoms with van der Waals surface area (Å²) in [6.45, 7) is 8.34. The number of para-hydroxylation sites is 1. The molecule has 2 rings (SSSR count). The molecule has 0 atom stereocenters. The molecule has 154 valence electrons. The van der Waals surface area contributed by atoms with Crippen LogP contribution in [0.1, 0.15) is 12.8 Å². The number of halogens is 1. The van der Waals surface area contributed by atoms with Gasteiger partial charge in [-0.15, -0.1) is 24.0 Å². The Hall–Kier alpha value is -1.06. The molecule has 7 heteroatoms. The van der Waals surface area contributed by atoms with Gasteiger partial charge in [-0.3, -0.25) is 4.99 Å². The zero-order valence-electron chi connectivity index (χ0n) is 17.1. The number of rotatable bonds is 8. The number of nitrogens with one attached hydrogen (secondary N) is 1. The largest absolute Gasteiger partial charge is 0.492 e. The van der Waals surface area contributed by atoms with E-state index in [0.29, 0.717) is 6.61 Å². The molecule has 0 aromatic heterocycles. The van der Waals surface area contributed by atoms with Crippen molar-refractivity contribution < 1.29 is 4.74 Å². The first-order chi connectivity index (χ1) is 12.7. The Labute approximate surface area is 182 Å². The minimum absolute atomic E-state index is 0. The highest BCUT2D eigenvalue weighted by atomic mass is 127. The zero-order valence-corrected chi connectivity index (χ0v) is 19.4. The third kappa shape index (κ3) is 9.62. The Bertz CT molecular complexity index is 528. The zero-order chi connectivity index (χ0) is 18.6. The van der Waals surface area contributed by atoms with Crippen LogP contribution in [0.15, 0.2) is 35.3 Å². The van der Waals surface area contributed by atoms with Crippen LogP contribution in [0.5, 0.6) is 5.75 Å². The maximum Gasteiger partial charge on any atom is 0.193 e. The van der Waals surface area contributed by atoms with Crippen LogP contribution in [0, 0.1) is 0 Å². The van der Waals surface area contributed by atoms with Gasteiger partial charge in [0.05, 0.1) is 6.54 Å². The quantitative estimate of drug-likeness (QED) is 0.263. The van der Waals surface area contributed by atoms with E-state index >= 15 is 0 Å². The molecule has 1 heterocycles. The average Bonchev–Trinajstić information content (AvgIpc) is 2.87. The van der Waals surface area contributed by atoms with Crippen molar-refractivity contribution in [1.29, 1.82) is 0 Å². The van der Waals surface area contributed by atoms with E-state index in [2.05, 4.69) is 32.1 Å². The Morgan fingerprint density at radius 1 is 1.19 bits per heavy atom. The Morgan fingerprint density at radius 3 is 2.70 bits per heavy atom. The van der Waals surface area contributed by atoms with E-state index in [4.69, 9.17) is 4.74 Å². The minimum Gasteiger partial charge on any atom is -0.492 e. The smallest absolute Gasteiger partial charge is 0.193 e. The van der Waals surface area contributed by atoms with Gasteiger partial charge in [-0.2, -0.15) is 0 Å². The van der Waals surface area contributed by atoms with Crippen molar-refractivity contribution in [3.8, 4) is 5.75 Å². The van der Waals surface area contributed by atoms with E-state index in [1.165, 1.54) is 32.6 Å². The third-order valence-electron chi connectivity index (χ3n) is 4.76. The Morgan fingerprint density at radius 2 is 1.96 bits per heavy atom. The molecule has 0 aliphatic carbocycles. The van der Waals surface area contributed by atoms with E-state index in [-0.39, 0.29) is 24.0 Å². The Balaban J connectivity index is 0.00000364. The van der Waals surface area contributed by atoms with Gasteiger partial charge >= 0.3 is 0 Å². The fourth-order valence-electron chi connectivity index (χ4n) is 3.13. The van der Waals surface area contributed by atoms with Gasteiger partial charge in [0, 0.05) is 33.7 Å². The summed E-state index contributed by atoms with van der Waals surface area (Å²) in [7, 11) is 6.10. The normalized spacial score (nSPS) is 16.3. The fourth-order valence-corrected chi connectivity index (χ4v) is 3.13. The molecular formula is C20H36IN5O. The molecule has 1 aromatic carbocycles. The summed E-state index contributed by atoms with van der Waals surface area (Å²) in [6, 6.07) is 9.93. The topological polar surface area (TPSA) is 43.3 Å². The SMILES string of the molecule is CN=C(NCCCN1CCCN(C)CC1)N(C)CCOc1ccccc1.I. The van der Waals surface area contributed by atoms with Gasteiger partial charge in [0.25, 0.3) is 0 Å². The third-order valence-corrected chi connectivity index (χ3v) is 4.76. The second kappa shape index (κ2) is 14.0. The first-order valence-corrected chi connectivity index (χ1v) is 9.69. The highest BCUT2D eigenvalue weighted by molar-refractivity contribution is 14.0. The highest BCUT2D eigenvalue weighted by Crippen LogP contribution is 2.07. The predicted molar refractivity (Wildman–Crippen MR) is 125 cm³/mol. The lowest BCUT2D eigenvalue weighted by atomic mass is 10.3. The molecule has 0 radical (unpaired) electrons. The predicted octanol–water partition coefficient (Wildman–Crippen LogP) is 2.22. The average molecular weight is 489 g/mol. The van der Waals surface area contributed by atoms with Crippen molar-refractivity contribution in [3.63, 3.8) is 0 Å². The van der Waals surface area contributed by atoms with E-state index < -0.39 is 0 Å². The first kappa shape index (κ1) is 24.0. The molecule has 0 saturated carbocycles. The highest BCUT2D eigenvalue weighted by Gasteiger charge is 2.11. The molecule has 1 aromatic rings. The number of likely N-dealkylation sites (N-methyl/N-ethyl adjacent to an activating group) is 2. The number of nitrogens with zero attached hydrogens (tertiary/aromatic N) is 4. The molecule has 0 bridgehead atoms. The van der Waals surface area contributed by atoms with Crippen molar-refractivity contribution >= 4 is 29.9 Å². The van der Waals surface area contributed by atoms with E-state index in [1.54, 1.807) is 0 Å². The van der Waals surface area contributed by atoms with Crippen molar-refractivity contribution in [2.75, 3.05) is 73.6 Å². The van der Waals surface area contributed by atoms with E-state index in [0.717, 1.165) is 37.8 Å². The molecule has 1 aliphatic rings. The van der Waals surface area contributed by atoms with Gasteiger partial charge in [0.15, 0.2) is 5.96 Å². The maximum absolute atomic E-state index is 5.76. The van der Waals surface area contributed by atoms with Gasteiger partial charge in [0.1, 0.15) is 12.4 Å². The summed E-state index contributed by atoms with van der Waals surface area (Å²) in [6.07, 6.45) is 2.41. The van der Waals surface area contributed by atoms with Crippen molar-refractivity contribution in [3.05, 3.63) is 30.3 Å². The van der Waals surface area contributed by atoms with E-state index in [1.807, 2.05) is 44.4 Å². The van der Waals surface area contributed by atoms with Crippen LogP contribution in [-0.4, -0.2) is 94.2 Å². The molecule has 0 spiro atoms. The van der Waals surface area contributed by atoms with Gasteiger partial charge in [0.2, 0.25) is 0 Å². The van der Waals surface area contributed by atoms with Gasteiger partial charge in [-0.25, -0.2) is 0 Å². The summed E-state index contributed by atoms with van der Waals surface area (Å²) in [4.78, 5) is 11.5. The number of hydrogen-bond donors (Lipinski definition) is 1. The molecule has 1 fully saturated rings. The maximum atomic E-state index is 5.76. The molecule has 1 N–H and O–H groups in total. The molecule has 1 saturated heterocycles. The van der Waals surface area contributed by atoms with Gasteiger partial charge in [-0.1, -0.05) is 18.2 Å². The fraction of sp³-hybridized carbons (Fsp3) is 0.650. The molecular weight excluding hydrogens is 453 g/mol. The number of hydrogen-bond acceptors (Lipinski definition) is 4. The summed E-state index contributed by atoms with van der Waals surface area (Å²) in [5, 5.41) is 3.47. The monoisotopic (exact) mass is 489 g/mol. The van der Waals surface area contributed by atoms with Crippen LogP contribution < -0.4 is 10.1 Å². The summed E-state index contributed by atoms with van der Waals surface area (Å²) in [5.74, 6) is 1.84. The van der Waals surface area contributed by atoms with Crippen molar-refractivity contribution in [1.82, 2.24) is 20.0 Å². The molecule has 27 heavy (non-hydrogen) atoms. The van der Waals surface area contributed by atoms with Gasteiger partial charge < -0.3 is 24.8 Å². The number of benzene rings is 1. The summed E-state index contributed by atoms with van der Waals surface area (Å²) >= 11 is 0. The first-order valence-electron chi connectivity index (χ1n) is 9.69. The summed E-state index contributed by atoms with van der Waals surface area (Å²) < 4.78 is 5.76. The second-order valence-corrected chi connectivity index (χ2v) is 6.91. The van der Waals surface area contributed by atoms with Crippen molar-refractivity contribution in [2.45, 2.75) is 12.8 Å². The van der Waals surface area contributed by atoms with Crippen LogP contribution in [-0.2, 0) is 0 Å². The van der Waals surface area contributed by atoms with Crippen LogP contribution in [0.3, 0.4) is 0 Å². The lowest BCUT2D eigenvalue weighted by Gasteiger charge is -2.23. The number of guanidine groups is 1. The molecule has 0 amide bonds. The van der Waals surface area contributed by atoms with Crippen LogP contribution in [0.2, 0.25) is 0 Å². The molecule has 6 nitrogen and oxygen atoms in total. The van der Waals surface area contributed by atoms with Crippen LogP contribution in [0.25, 0.3) is 0 Å². The van der Waals surface area contributed by atoms with E-state index in [9.17, 15) is 0 Å². The van der Waals surface area contributed by atoms with Crippen LogP contribution in [0.4, 0.5) is 0 Å². The standard InChI is InChI=1S/C20H35N5O.HI/c1-21-20(24(3)17-18-26-19-9-5-4-6-10-19)22-11-7-13-25-14-8-12-23(2)15-16-25;/h4-6,9-10H,7-8,11-18H2,1-3H3,(H,21,22);1H.